The SMILES string of the molecule is CCc1cccc2sc(=NC(=O)c3ccc(S(=O)(=O)N(C)c4ccccc4)cc3)n(C)c12. The molecule has 0 radical (unpaired) electrons. The third-order valence-corrected chi connectivity index (χ3v) is 8.26. The highest BCUT2D eigenvalue weighted by Gasteiger charge is 2.21. The van der Waals surface area contributed by atoms with E-state index < -0.39 is 15.9 Å². The summed E-state index contributed by atoms with van der Waals surface area (Å²) in [6.45, 7) is 2.10. The van der Waals surface area contributed by atoms with Gasteiger partial charge in [0.05, 0.1) is 20.8 Å². The summed E-state index contributed by atoms with van der Waals surface area (Å²) in [4.78, 5) is 17.8. The molecule has 32 heavy (non-hydrogen) atoms. The number of aromatic nitrogens is 1. The Balaban J connectivity index is 1.64. The number of benzene rings is 3. The Morgan fingerprint density at radius 3 is 2.34 bits per heavy atom. The molecule has 6 nitrogen and oxygen atoms in total. The second-order valence-electron chi connectivity index (χ2n) is 7.31. The Labute approximate surface area is 191 Å². The fourth-order valence-electron chi connectivity index (χ4n) is 3.53. The average Bonchev–Trinajstić information content (AvgIpc) is 3.14. The molecule has 4 rings (SSSR count). The van der Waals surface area contributed by atoms with Crippen LogP contribution < -0.4 is 9.11 Å². The lowest BCUT2D eigenvalue weighted by molar-refractivity contribution is 0.0998. The van der Waals surface area contributed by atoms with E-state index in [2.05, 4.69) is 18.0 Å². The highest BCUT2D eigenvalue weighted by Crippen LogP contribution is 2.23. The summed E-state index contributed by atoms with van der Waals surface area (Å²) in [7, 11) is -0.329. The number of rotatable bonds is 5. The summed E-state index contributed by atoms with van der Waals surface area (Å²) < 4.78 is 30.1. The van der Waals surface area contributed by atoms with E-state index in [1.54, 1.807) is 24.3 Å². The molecule has 0 aliphatic carbocycles. The van der Waals surface area contributed by atoms with E-state index in [4.69, 9.17) is 0 Å². The monoisotopic (exact) mass is 465 g/mol. The van der Waals surface area contributed by atoms with Crippen LogP contribution in [0.15, 0.2) is 82.7 Å². The summed E-state index contributed by atoms with van der Waals surface area (Å²) in [6, 6.07) is 20.8. The number of thiazole rings is 1. The fraction of sp³-hybridized carbons (Fsp3) is 0.167. The Morgan fingerprint density at radius 2 is 1.69 bits per heavy atom. The highest BCUT2D eigenvalue weighted by atomic mass is 32.2. The molecule has 1 heterocycles. The van der Waals surface area contributed by atoms with Crippen molar-refractivity contribution >= 4 is 43.2 Å². The number of hydrogen-bond donors (Lipinski definition) is 0. The van der Waals surface area contributed by atoms with Crippen LogP contribution in [0, 0.1) is 0 Å². The van der Waals surface area contributed by atoms with Gasteiger partial charge in [-0.25, -0.2) is 8.42 Å². The average molecular weight is 466 g/mol. The van der Waals surface area contributed by atoms with Gasteiger partial charge >= 0.3 is 0 Å². The number of fused-ring (bicyclic) bond motifs is 1. The normalized spacial score (nSPS) is 12.3. The topological polar surface area (TPSA) is 71.7 Å². The van der Waals surface area contributed by atoms with Crippen molar-refractivity contribution in [2.75, 3.05) is 11.4 Å². The molecule has 0 N–H and O–H groups in total. The Morgan fingerprint density at radius 1 is 1.00 bits per heavy atom. The highest BCUT2D eigenvalue weighted by molar-refractivity contribution is 7.92. The Bertz CT molecular complexity index is 1450. The van der Waals surface area contributed by atoms with Crippen molar-refractivity contribution < 1.29 is 13.2 Å². The van der Waals surface area contributed by atoms with Crippen LogP contribution >= 0.6 is 11.3 Å². The minimum Gasteiger partial charge on any atom is -0.319 e. The molecule has 8 heteroatoms. The molecule has 0 saturated carbocycles. The first-order valence-corrected chi connectivity index (χ1v) is 12.4. The molecule has 0 fully saturated rings. The van der Waals surface area contributed by atoms with Crippen molar-refractivity contribution in [3.05, 3.63) is 88.7 Å². The number of nitrogens with zero attached hydrogens (tertiary/aromatic N) is 3. The zero-order valence-corrected chi connectivity index (χ0v) is 19.7. The van der Waals surface area contributed by atoms with Gasteiger partial charge in [0.1, 0.15) is 0 Å². The van der Waals surface area contributed by atoms with Gasteiger partial charge in [0, 0.05) is 19.7 Å². The molecule has 0 aliphatic heterocycles. The minimum atomic E-state index is -3.74. The summed E-state index contributed by atoms with van der Waals surface area (Å²) >= 11 is 1.46. The van der Waals surface area contributed by atoms with Crippen LogP contribution in [0.25, 0.3) is 10.2 Å². The van der Waals surface area contributed by atoms with Gasteiger partial charge in [-0.15, -0.1) is 0 Å². The summed E-state index contributed by atoms with van der Waals surface area (Å²) in [5, 5.41) is 0. The van der Waals surface area contributed by atoms with E-state index in [0.717, 1.165) is 16.6 Å². The van der Waals surface area contributed by atoms with E-state index in [-0.39, 0.29) is 4.90 Å². The lowest BCUT2D eigenvalue weighted by Crippen LogP contribution is -2.26. The maximum atomic E-state index is 12.9. The van der Waals surface area contributed by atoms with Crippen LogP contribution in [0.1, 0.15) is 22.8 Å². The molecule has 0 saturated heterocycles. The standard InChI is InChI=1S/C24H23N3O3S2/c1-4-17-9-8-12-21-22(17)26(2)24(31-21)25-23(28)18-13-15-20(16-14-18)32(29,30)27(3)19-10-6-5-7-11-19/h5-16H,4H2,1-3H3. The number of anilines is 1. The maximum absolute atomic E-state index is 12.9. The zero-order chi connectivity index (χ0) is 22.9. The van der Waals surface area contributed by atoms with Crippen molar-refractivity contribution in [3.8, 4) is 0 Å². The second-order valence-corrected chi connectivity index (χ2v) is 10.3. The van der Waals surface area contributed by atoms with Gasteiger partial charge in [-0.3, -0.25) is 9.10 Å². The third kappa shape index (κ3) is 3.99. The minimum absolute atomic E-state index is 0.111. The van der Waals surface area contributed by atoms with E-state index in [9.17, 15) is 13.2 Å². The van der Waals surface area contributed by atoms with Gasteiger partial charge in [0.15, 0.2) is 4.80 Å². The summed E-state index contributed by atoms with van der Waals surface area (Å²) in [5.74, 6) is -0.412. The second kappa shape index (κ2) is 8.72. The lowest BCUT2D eigenvalue weighted by Gasteiger charge is -2.19. The molecule has 164 valence electrons. The first kappa shape index (κ1) is 22.0. The van der Waals surface area contributed by atoms with Gasteiger partial charge in [-0.05, 0) is 54.4 Å². The number of amides is 1. The molecule has 1 aromatic heterocycles. The smallest absolute Gasteiger partial charge is 0.279 e. The van der Waals surface area contributed by atoms with E-state index in [1.165, 1.54) is 52.5 Å². The fourth-order valence-corrected chi connectivity index (χ4v) is 5.79. The number of aryl methyl sites for hydroxylation is 2. The number of hydrogen-bond acceptors (Lipinski definition) is 4. The van der Waals surface area contributed by atoms with E-state index in [0.29, 0.717) is 16.1 Å². The zero-order valence-electron chi connectivity index (χ0n) is 18.0. The number of para-hydroxylation sites is 2. The molecule has 0 spiro atoms. The van der Waals surface area contributed by atoms with E-state index in [1.807, 2.05) is 29.8 Å². The first-order valence-electron chi connectivity index (χ1n) is 10.1. The van der Waals surface area contributed by atoms with Crippen molar-refractivity contribution in [2.24, 2.45) is 12.0 Å². The van der Waals surface area contributed by atoms with Crippen LogP contribution in [0.3, 0.4) is 0 Å². The van der Waals surface area contributed by atoms with Crippen LogP contribution in [-0.4, -0.2) is 25.9 Å². The molecular formula is C24H23N3O3S2. The van der Waals surface area contributed by atoms with Gasteiger partial charge in [-0.2, -0.15) is 4.99 Å². The Kier molecular flexibility index (Phi) is 5.99. The van der Waals surface area contributed by atoms with Crippen LogP contribution in [0.5, 0.6) is 0 Å². The van der Waals surface area contributed by atoms with Gasteiger partial charge < -0.3 is 4.57 Å². The van der Waals surface area contributed by atoms with E-state index >= 15 is 0 Å². The molecule has 0 aliphatic rings. The molecular weight excluding hydrogens is 442 g/mol. The molecule has 0 atom stereocenters. The number of carbonyl (C=O) groups excluding carboxylic acids is 1. The predicted molar refractivity (Wildman–Crippen MR) is 129 cm³/mol. The largest absolute Gasteiger partial charge is 0.319 e. The predicted octanol–water partition coefficient (Wildman–Crippen LogP) is 4.37. The number of sulfonamides is 1. The van der Waals surface area contributed by atoms with Crippen molar-refractivity contribution in [1.82, 2.24) is 4.57 Å². The van der Waals surface area contributed by atoms with Gasteiger partial charge in [0.2, 0.25) is 0 Å². The lowest BCUT2D eigenvalue weighted by atomic mass is 10.1. The van der Waals surface area contributed by atoms with Crippen LogP contribution in [-0.2, 0) is 23.5 Å². The maximum Gasteiger partial charge on any atom is 0.279 e. The Hall–Kier alpha value is -3.23. The first-order chi connectivity index (χ1) is 15.3. The van der Waals surface area contributed by atoms with Crippen LogP contribution in [0.2, 0.25) is 0 Å². The van der Waals surface area contributed by atoms with Gasteiger partial charge in [-0.1, -0.05) is 48.6 Å². The quantitative estimate of drug-likeness (QED) is 0.439. The molecule has 4 aromatic rings. The molecule has 3 aromatic carbocycles. The van der Waals surface area contributed by atoms with Crippen molar-refractivity contribution in [2.45, 2.75) is 18.2 Å². The van der Waals surface area contributed by atoms with Crippen LogP contribution in [0.4, 0.5) is 5.69 Å². The summed E-state index contributed by atoms with van der Waals surface area (Å²) in [5.41, 5.74) is 3.18. The van der Waals surface area contributed by atoms with Gasteiger partial charge in [0.25, 0.3) is 15.9 Å². The molecule has 0 unspecified atom stereocenters. The molecule has 0 bridgehead atoms. The number of carbonyl (C=O) groups is 1. The van der Waals surface area contributed by atoms with Crippen molar-refractivity contribution in [3.63, 3.8) is 0 Å². The molecule has 1 amide bonds. The van der Waals surface area contributed by atoms with Crippen molar-refractivity contribution in [1.29, 1.82) is 0 Å². The summed E-state index contributed by atoms with van der Waals surface area (Å²) in [6.07, 6.45) is 0.892. The third-order valence-electron chi connectivity index (χ3n) is 5.36.